The molecule has 1 amide bonds. The van der Waals surface area contributed by atoms with Crippen LogP contribution >= 0.6 is 15.9 Å². The van der Waals surface area contributed by atoms with Crippen LogP contribution < -0.4 is 10.9 Å². The fourth-order valence-electron chi connectivity index (χ4n) is 2.35. The molecule has 24 heavy (non-hydrogen) atoms. The molecule has 3 rings (SSSR count). The smallest absolute Gasteiger partial charge is 0.277 e. The Morgan fingerprint density at radius 2 is 1.88 bits per heavy atom. The van der Waals surface area contributed by atoms with Crippen molar-refractivity contribution in [3.8, 4) is 0 Å². The van der Waals surface area contributed by atoms with Crippen LogP contribution in [0.5, 0.6) is 0 Å². The Kier molecular flexibility index (Phi) is 5.00. The number of amides is 1. The van der Waals surface area contributed by atoms with Crippen LogP contribution in [0, 0.1) is 0 Å². The summed E-state index contributed by atoms with van der Waals surface area (Å²) >= 11 is 3.42. The van der Waals surface area contributed by atoms with Gasteiger partial charge in [-0.3, -0.25) is 9.59 Å². The molecular weight excluding hydrogens is 372 g/mol. The molecule has 0 bridgehead atoms. The minimum Gasteiger partial charge on any atom is -0.354 e. The summed E-state index contributed by atoms with van der Waals surface area (Å²) in [5, 5.41) is 11.2. The van der Waals surface area contributed by atoms with Gasteiger partial charge < -0.3 is 5.32 Å². The molecule has 0 aliphatic carbocycles. The van der Waals surface area contributed by atoms with Crippen LogP contribution in [0.4, 0.5) is 0 Å². The van der Waals surface area contributed by atoms with Crippen molar-refractivity contribution in [3.05, 3.63) is 68.9 Å². The first-order valence-electron chi connectivity index (χ1n) is 7.48. The fourth-order valence-corrected chi connectivity index (χ4v) is 2.77. The van der Waals surface area contributed by atoms with Crippen molar-refractivity contribution in [1.82, 2.24) is 20.3 Å². The monoisotopic (exact) mass is 386 g/mol. The van der Waals surface area contributed by atoms with Crippen molar-refractivity contribution < 1.29 is 4.79 Å². The molecule has 2 aromatic carbocycles. The number of nitrogens with zero attached hydrogens (tertiary/aromatic N) is 3. The Hall–Kier alpha value is -2.54. The quantitative estimate of drug-likeness (QED) is 0.726. The van der Waals surface area contributed by atoms with Crippen molar-refractivity contribution in [3.63, 3.8) is 0 Å². The highest BCUT2D eigenvalue weighted by molar-refractivity contribution is 9.10. The summed E-state index contributed by atoms with van der Waals surface area (Å²) in [7, 11) is 0. The zero-order valence-electron chi connectivity index (χ0n) is 12.8. The van der Waals surface area contributed by atoms with Crippen molar-refractivity contribution in [2.75, 3.05) is 6.54 Å². The number of fused-ring (bicyclic) bond motifs is 1. The van der Waals surface area contributed by atoms with Gasteiger partial charge >= 0.3 is 0 Å². The molecule has 122 valence electrons. The van der Waals surface area contributed by atoms with Crippen LogP contribution in [0.1, 0.15) is 5.56 Å². The van der Waals surface area contributed by atoms with E-state index in [4.69, 9.17) is 0 Å². The van der Waals surface area contributed by atoms with Crippen molar-refractivity contribution in [2.24, 2.45) is 0 Å². The Bertz CT molecular complexity index is 939. The average molecular weight is 387 g/mol. The minimum atomic E-state index is -0.208. The van der Waals surface area contributed by atoms with Gasteiger partial charge in [0.05, 0.1) is 18.4 Å². The molecule has 7 heteroatoms. The van der Waals surface area contributed by atoms with Crippen LogP contribution in [0.25, 0.3) is 10.9 Å². The predicted octanol–water partition coefficient (Wildman–Crippen LogP) is 1.91. The van der Waals surface area contributed by atoms with Crippen LogP contribution in [0.2, 0.25) is 0 Å². The average Bonchev–Trinajstić information content (AvgIpc) is 2.59. The van der Waals surface area contributed by atoms with Gasteiger partial charge in [-0.15, -0.1) is 5.10 Å². The molecule has 6 nitrogen and oxygen atoms in total. The van der Waals surface area contributed by atoms with E-state index in [9.17, 15) is 9.59 Å². The number of carbonyl (C=O) groups excluding carboxylic acids is 1. The minimum absolute atomic E-state index is 0.108. The normalized spacial score (nSPS) is 10.7. The maximum atomic E-state index is 12.3. The number of rotatable bonds is 5. The van der Waals surface area contributed by atoms with Gasteiger partial charge in [0.1, 0.15) is 5.52 Å². The zero-order chi connectivity index (χ0) is 16.9. The van der Waals surface area contributed by atoms with E-state index in [2.05, 4.69) is 31.6 Å². The van der Waals surface area contributed by atoms with E-state index < -0.39 is 0 Å². The summed E-state index contributed by atoms with van der Waals surface area (Å²) in [6.07, 6.45) is 0.278. The van der Waals surface area contributed by atoms with Crippen LogP contribution in [-0.4, -0.2) is 27.4 Å². The van der Waals surface area contributed by atoms with Crippen LogP contribution in [-0.2, 0) is 17.8 Å². The van der Waals surface area contributed by atoms with Gasteiger partial charge in [0.15, 0.2) is 0 Å². The highest BCUT2D eigenvalue weighted by atomic mass is 79.9. The van der Waals surface area contributed by atoms with E-state index in [1.165, 1.54) is 4.68 Å². The second-order valence-electron chi connectivity index (χ2n) is 5.25. The van der Waals surface area contributed by atoms with Crippen molar-refractivity contribution >= 4 is 32.7 Å². The SMILES string of the molecule is O=C(Cc1ccccc1Br)NCCn1nnc2ccccc2c1=O. The first kappa shape index (κ1) is 16.3. The number of halogens is 1. The van der Waals surface area contributed by atoms with Crippen molar-refractivity contribution in [1.29, 1.82) is 0 Å². The number of nitrogens with one attached hydrogen (secondary N) is 1. The Labute approximate surface area is 146 Å². The second kappa shape index (κ2) is 7.35. The van der Waals surface area contributed by atoms with Gasteiger partial charge in [-0.1, -0.05) is 51.5 Å². The molecule has 0 atom stereocenters. The molecule has 0 saturated carbocycles. The first-order valence-corrected chi connectivity index (χ1v) is 8.27. The molecule has 0 aliphatic heterocycles. The predicted molar refractivity (Wildman–Crippen MR) is 94.7 cm³/mol. The zero-order valence-corrected chi connectivity index (χ0v) is 14.4. The third kappa shape index (κ3) is 3.68. The van der Waals surface area contributed by atoms with Gasteiger partial charge in [-0.05, 0) is 23.8 Å². The number of carbonyl (C=O) groups is 1. The summed E-state index contributed by atoms with van der Waals surface area (Å²) in [5.41, 5.74) is 1.27. The number of hydrogen-bond acceptors (Lipinski definition) is 4. The van der Waals surface area contributed by atoms with Gasteiger partial charge in [0.25, 0.3) is 5.56 Å². The van der Waals surface area contributed by atoms with E-state index in [1.54, 1.807) is 18.2 Å². The topological polar surface area (TPSA) is 76.9 Å². The standard InChI is InChI=1S/C17H15BrN4O2/c18-14-7-3-1-5-12(14)11-16(23)19-9-10-22-17(24)13-6-2-4-8-15(13)20-21-22/h1-8H,9-11H2,(H,19,23). The van der Waals surface area contributed by atoms with E-state index >= 15 is 0 Å². The molecule has 0 unspecified atom stereocenters. The Morgan fingerprint density at radius 1 is 1.12 bits per heavy atom. The lowest BCUT2D eigenvalue weighted by Gasteiger charge is -2.08. The number of benzene rings is 2. The molecule has 0 radical (unpaired) electrons. The molecule has 0 fully saturated rings. The third-order valence-electron chi connectivity index (χ3n) is 3.58. The van der Waals surface area contributed by atoms with Gasteiger partial charge in [-0.2, -0.15) is 0 Å². The van der Waals surface area contributed by atoms with Gasteiger partial charge in [0.2, 0.25) is 5.91 Å². The molecule has 1 N–H and O–H groups in total. The third-order valence-corrected chi connectivity index (χ3v) is 4.36. The maximum absolute atomic E-state index is 12.3. The molecule has 1 heterocycles. The van der Waals surface area contributed by atoms with E-state index in [0.29, 0.717) is 17.4 Å². The number of aromatic nitrogens is 3. The van der Waals surface area contributed by atoms with E-state index in [0.717, 1.165) is 10.0 Å². The fraction of sp³-hybridized carbons (Fsp3) is 0.176. The Morgan fingerprint density at radius 3 is 2.71 bits per heavy atom. The molecule has 3 aromatic rings. The Balaban J connectivity index is 1.60. The summed E-state index contributed by atoms with van der Waals surface area (Å²) in [6, 6.07) is 14.6. The second-order valence-corrected chi connectivity index (χ2v) is 6.11. The molecule has 0 spiro atoms. The van der Waals surface area contributed by atoms with Crippen LogP contribution in [0.3, 0.4) is 0 Å². The van der Waals surface area contributed by atoms with E-state index in [1.807, 2.05) is 30.3 Å². The molecular formula is C17H15BrN4O2. The molecule has 0 saturated heterocycles. The van der Waals surface area contributed by atoms with Gasteiger partial charge in [-0.25, -0.2) is 4.68 Å². The van der Waals surface area contributed by atoms with Crippen molar-refractivity contribution in [2.45, 2.75) is 13.0 Å². The first-order chi connectivity index (χ1) is 11.6. The van der Waals surface area contributed by atoms with E-state index in [-0.39, 0.29) is 24.4 Å². The largest absolute Gasteiger partial charge is 0.354 e. The summed E-state index contributed by atoms with van der Waals surface area (Å²) in [6.45, 7) is 0.592. The summed E-state index contributed by atoms with van der Waals surface area (Å²) in [5.74, 6) is -0.108. The lowest BCUT2D eigenvalue weighted by Crippen LogP contribution is -2.33. The van der Waals surface area contributed by atoms with Crippen LogP contribution in [0.15, 0.2) is 57.8 Å². The summed E-state index contributed by atoms with van der Waals surface area (Å²) in [4.78, 5) is 24.3. The molecule has 0 aliphatic rings. The lowest BCUT2D eigenvalue weighted by molar-refractivity contribution is -0.120. The van der Waals surface area contributed by atoms with Gasteiger partial charge in [0, 0.05) is 11.0 Å². The highest BCUT2D eigenvalue weighted by Gasteiger charge is 2.08. The molecule has 1 aromatic heterocycles. The highest BCUT2D eigenvalue weighted by Crippen LogP contribution is 2.16. The maximum Gasteiger partial charge on any atom is 0.277 e. The summed E-state index contributed by atoms with van der Waals surface area (Å²) < 4.78 is 2.16. The number of hydrogen-bond donors (Lipinski definition) is 1. The lowest BCUT2D eigenvalue weighted by atomic mass is 10.1.